The Labute approximate surface area is 182 Å². The molecule has 3 rings (SSSR count). The van der Waals surface area contributed by atoms with Gasteiger partial charge in [0.1, 0.15) is 0 Å². The largest absolute Gasteiger partial charge is 0.489 e. The van der Waals surface area contributed by atoms with Crippen LogP contribution in [-0.2, 0) is 9.59 Å². The van der Waals surface area contributed by atoms with Crippen molar-refractivity contribution in [3.8, 4) is 5.75 Å². The second kappa shape index (κ2) is 10.8. The van der Waals surface area contributed by atoms with Gasteiger partial charge in [0.25, 0.3) is 11.8 Å². The van der Waals surface area contributed by atoms with Gasteiger partial charge in [-0.25, -0.2) is 4.39 Å². The molecule has 9 heteroatoms. The van der Waals surface area contributed by atoms with Gasteiger partial charge in [0, 0.05) is 32.7 Å². The molecule has 0 radical (unpaired) electrons. The summed E-state index contributed by atoms with van der Waals surface area (Å²) in [6.07, 6.45) is -0.261. The molecule has 172 valence electrons. The molecule has 0 aliphatic carbocycles. The molecule has 2 amide bonds. The monoisotopic (exact) mass is 437 g/mol. The molecule has 2 atom stereocenters. The molecule has 0 saturated carbocycles. The summed E-state index contributed by atoms with van der Waals surface area (Å²) >= 11 is 0. The predicted octanol–water partition coefficient (Wildman–Crippen LogP) is 0.901. The van der Waals surface area contributed by atoms with Gasteiger partial charge < -0.3 is 30.1 Å². The van der Waals surface area contributed by atoms with Gasteiger partial charge in [-0.15, -0.1) is 0 Å². The fraction of sp³-hybridized carbons (Fsp3) is 0.636. The highest BCUT2D eigenvalue weighted by Crippen LogP contribution is 2.33. The number of likely N-dealkylation sites (tertiary alicyclic amines) is 1. The van der Waals surface area contributed by atoms with E-state index in [-0.39, 0.29) is 17.5 Å². The maximum Gasteiger partial charge on any atom is 0.254 e. The van der Waals surface area contributed by atoms with Crippen molar-refractivity contribution < 1.29 is 28.9 Å². The standard InChI is InChI=1S/C22H32FN3O5/c1-2-31-20-16(23)6-5-7-17(20)25-12-8-15(9-13-25)14-24-21(29)18(27)19(28)22(30)26-10-3-4-11-26/h5-7,15,18-19,27-28H,2-4,8-14H2,1H3,(H,24,29)/t18-,19-/m1/s1. The molecule has 1 aromatic carbocycles. The van der Waals surface area contributed by atoms with Crippen LogP contribution in [0.1, 0.15) is 32.6 Å². The summed E-state index contributed by atoms with van der Waals surface area (Å²) < 4.78 is 19.6. The van der Waals surface area contributed by atoms with E-state index in [2.05, 4.69) is 10.2 Å². The molecule has 0 spiro atoms. The quantitative estimate of drug-likeness (QED) is 0.559. The third-order valence-electron chi connectivity index (χ3n) is 5.99. The number of nitrogens with zero attached hydrogens (tertiary/aromatic N) is 2. The van der Waals surface area contributed by atoms with Crippen molar-refractivity contribution in [1.29, 1.82) is 0 Å². The van der Waals surface area contributed by atoms with Crippen LogP contribution in [0.25, 0.3) is 0 Å². The van der Waals surface area contributed by atoms with Crippen LogP contribution < -0.4 is 15.0 Å². The van der Waals surface area contributed by atoms with Gasteiger partial charge in [-0.1, -0.05) is 6.07 Å². The normalized spacial score (nSPS) is 19.2. The van der Waals surface area contributed by atoms with E-state index >= 15 is 0 Å². The highest BCUT2D eigenvalue weighted by Gasteiger charge is 2.34. The number of amides is 2. The highest BCUT2D eigenvalue weighted by molar-refractivity contribution is 5.90. The molecule has 3 N–H and O–H groups in total. The Morgan fingerprint density at radius 3 is 2.48 bits per heavy atom. The number of carbonyl (C=O) groups is 2. The average molecular weight is 438 g/mol. The van der Waals surface area contributed by atoms with Crippen molar-refractivity contribution in [2.24, 2.45) is 5.92 Å². The Morgan fingerprint density at radius 1 is 1.16 bits per heavy atom. The summed E-state index contributed by atoms with van der Waals surface area (Å²) in [5.74, 6) is -1.29. The molecule has 0 unspecified atom stereocenters. The van der Waals surface area contributed by atoms with E-state index in [1.165, 1.54) is 11.0 Å². The van der Waals surface area contributed by atoms with Crippen LogP contribution in [0.15, 0.2) is 18.2 Å². The zero-order valence-electron chi connectivity index (χ0n) is 17.9. The van der Waals surface area contributed by atoms with Gasteiger partial charge in [0.05, 0.1) is 12.3 Å². The summed E-state index contributed by atoms with van der Waals surface area (Å²) in [4.78, 5) is 27.9. The molecular formula is C22H32FN3O5. The SMILES string of the molecule is CCOc1c(F)cccc1N1CCC(CNC(=O)[C@H](O)[C@@H](O)C(=O)N2CCCC2)CC1. The summed E-state index contributed by atoms with van der Waals surface area (Å²) in [5.41, 5.74) is 0.725. The number of hydrogen-bond donors (Lipinski definition) is 3. The fourth-order valence-electron chi connectivity index (χ4n) is 4.16. The van der Waals surface area contributed by atoms with Crippen LogP contribution in [0.2, 0.25) is 0 Å². The average Bonchev–Trinajstić information content (AvgIpc) is 3.33. The number of rotatable bonds is 8. The summed E-state index contributed by atoms with van der Waals surface area (Å²) in [6, 6.07) is 4.88. The lowest BCUT2D eigenvalue weighted by atomic mass is 9.96. The van der Waals surface area contributed by atoms with E-state index in [1.807, 2.05) is 13.0 Å². The van der Waals surface area contributed by atoms with Crippen LogP contribution in [0.4, 0.5) is 10.1 Å². The van der Waals surface area contributed by atoms with Gasteiger partial charge >= 0.3 is 0 Å². The van der Waals surface area contributed by atoms with Crippen LogP contribution in [0.5, 0.6) is 5.75 Å². The number of aliphatic hydroxyl groups excluding tert-OH is 2. The Bertz CT molecular complexity index is 764. The third kappa shape index (κ3) is 5.65. The maximum atomic E-state index is 14.1. The minimum absolute atomic E-state index is 0.183. The second-order valence-corrected chi connectivity index (χ2v) is 8.12. The maximum absolute atomic E-state index is 14.1. The fourth-order valence-corrected chi connectivity index (χ4v) is 4.16. The molecule has 2 saturated heterocycles. The second-order valence-electron chi connectivity index (χ2n) is 8.12. The topological polar surface area (TPSA) is 102 Å². The van der Waals surface area contributed by atoms with E-state index in [1.54, 1.807) is 6.07 Å². The van der Waals surface area contributed by atoms with Gasteiger partial charge in [-0.05, 0) is 50.7 Å². The van der Waals surface area contributed by atoms with Crippen molar-refractivity contribution in [3.63, 3.8) is 0 Å². The first-order chi connectivity index (χ1) is 14.9. The number of nitrogens with one attached hydrogen (secondary N) is 1. The predicted molar refractivity (Wildman–Crippen MR) is 113 cm³/mol. The van der Waals surface area contributed by atoms with Crippen molar-refractivity contribution in [2.75, 3.05) is 44.2 Å². The molecule has 0 aromatic heterocycles. The number of hydrogen-bond acceptors (Lipinski definition) is 6. The van der Waals surface area contributed by atoms with Gasteiger partial charge in [-0.3, -0.25) is 9.59 Å². The summed E-state index contributed by atoms with van der Waals surface area (Å²) in [5, 5.41) is 22.8. The van der Waals surface area contributed by atoms with Gasteiger partial charge in [0.2, 0.25) is 0 Å². The minimum atomic E-state index is -1.78. The van der Waals surface area contributed by atoms with E-state index in [0.717, 1.165) is 31.4 Å². The highest BCUT2D eigenvalue weighted by atomic mass is 19.1. The summed E-state index contributed by atoms with van der Waals surface area (Å²) in [7, 11) is 0. The van der Waals surface area contributed by atoms with Crippen LogP contribution in [0, 0.1) is 11.7 Å². The molecule has 2 fully saturated rings. The first-order valence-corrected chi connectivity index (χ1v) is 11.0. The lowest BCUT2D eigenvalue weighted by molar-refractivity contribution is -0.152. The molecule has 2 aliphatic heterocycles. The van der Waals surface area contributed by atoms with Crippen molar-refractivity contribution in [3.05, 3.63) is 24.0 Å². The number of carbonyl (C=O) groups excluding carboxylic acids is 2. The first kappa shape index (κ1) is 23.3. The van der Waals surface area contributed by atoms with Crippen molar-refractivity contribution in [2.45, 2.75) is 44.8 Å². The molecule has 2 aliphatic rings. The third-order valence-corrected chi connectivity index (χ3v) is 5.99. The van der Waals surface area contributed by atoms with E-state index in [4.69, 9.17) is 4.74 Å². The van der Waals surface area contributed by atoms with E-state index in [0.29, 0.717) is 39.3 Å². The Hall–Kier alpha value is -2.39. The molecule has 1 aromatic rings. The lowest BCUT2D eigenvalue weighted by Gasteiger charge is -2.34. The van der Waals surface area contributed by atoms with Crippen LogP contribution in [-0.4, -0.2) is 78.5 Å². The van der Waals surface area contributed by atoms with E-state index in [9.17, 15) is 24.2 Å². The van der Waals surface area contributed by atoms with Crippen LogP contribution in [0.3, 0.4) is 0 Å². The summed E-state index contributed by atoms with van der Waals surface area (Å²) in [6.45, 7) is 4.99. The number of halogens is 1. The molecular weight excluding hydrogens is 405 g/mol. The zero-order chi connectivity index (χ0) is 22.4. The van der Waals surface area contributed by atoms with E-state index < -0.39 is 24.0 Å². The number of anilines is 1. The number of benzene rings is 1. The number of aliphatic hydroxyl groups is 2. The Balaban J connectivity index is 1.46. The lowest BCUT2D eigenvalue weighted by Crippen LogP contribution is -2.51. The van der Waals surface area contributed by atoms with Crippen molar-refractivity contribution in [1.82, 2.24) is 10.2 Å². The Morgan fingerprint density at radius 2 is 1.84 bits per heavy atom. The minimum Gasteiger partial charge on any atom is -0.489 e. The van der Waals surface area contributed by atoms with Crippen molar-refractivity contribution >= 4 is 17.5 Å². The number of ether oxygens (including phenoxy) is 1. The Kier molecular flexibility index (Phi) is 8.09. The smallest absolute Gasteiger partial charge is 0.254 e. The van der Waals surface area contributed by atoms with Gasteiger partial charge in [0.15, 0.2) is 23.8 Å². The molecule has 8 nitrogen and oxygen atoms in total. The number of piperidine rings is 1. The molecule has 2 heterocycles. The molecule has 0 bridgehead atoms. The zero-order valence-corrected chi connectivity index (χ0v) is 17.9. The van der Waals surface area contributed by atoms with Gasteiger partial charge in [-0.2, -0.15) is 0 Å². The molecule has 31 heavy (non-hydrogen) atoms. The first-order valence-electron chi connectivity index (χ1n) is 11.0. The number of para-hydroxylation sites is 1. The van der Waals surface area contributed by atoms with Crippen LogP contribution >= 0.6 is 0 Å².